The fraction of sp³-hybridized carbons (Fsp3) is 1.00. The molecule has 1 unspecified atom stereocenters. The SMILES string of the molecule is CC.CC1CCCCN(C)CO1. The zero-order valence-corrected chi connectivity index (χ0v) is 8.97. The van der Waals surface area contributed by atoms with Crippen molar-refractivity contribution in [2.75, 3.05) is 20.3 Å². The molecule has 0 aromatic rings. The second-order valence-corrected chi connectivity index (χ2v) is 3.18. The Bertz CT molecular complexity index is 83.8. The van der Waals surface area contributed by atoms with Crippen LogP contribution in [0.2, 0.25) is 0 Å². The topological polar surface area (TPSA) is 12.5 Å². The first-order chi connectivity index (χ1) is 5.79. The molecule has 0 saturated carbocycles. The van der Waals surface area contributed by atoms with Gasteiger partial charge in [0, 0.05) is 0 Å². The van der Waals surface area contributed by atoms with Crippen molar-refractivity contribution in [2.45, 2.75) is 46.1 Å². The average Bonchev–Trinajstić information content (AvgIpc) is 2.10. The van der Waals surface area contributed by atoms with Gasteiger partial charge in [0.1, 0.15) is 0 Å². The Labute approximate surface area is 76.9 Å². The van der Waals surface area contributed by atoms with Gasteiger partial charge in [-0.1, -0.05) is 13.8 Å². The van der Waals surface area contributed by atoms with Gasteiger partial charge in [0.05, 0.1) is 12.8 Å². The van der Waals surface area contributed by atoms with Crippen molar-refractivity contribution in [3.63, 3.8) is 0 Å². The Morgan fingerprint density at radius 3 is 2.58 bits per heavy atom. The molecule has 0 aromatic heterocycles. The highest BCUT2D eigenvalue weighted by molar-refractivity contribution is 4.57. The highest BCUT2D eigenvalue weighted by Gasteiger charge is 2.07. The van der Waals surface area contributed by atoms with Gasteiger partial charge in [0.15, 0.2) is 0 Å². The fourth-order valence-corrected chi connectivity index (χ4v) is 1.22. The number of rotatable bonds is 0. The third-order valence-electron chi connectivity index (χ3n) is 1.98. The summed E-state index contributed by atoms with van der Waals surface area (Å²) in [7, 11) is 2.11. The highest BCUT2D eigenvalue weighted by atomic mass is 16.5. The molecule has 1 rings (SSSR count). The Morgan fingerprint density at radius 1 is 1.25 bits per heavy atom. The van der Waals surface area contributed by atoms with Gasteiger partial charge in [0.2, 0.25) is 0 Å². The standard InChI is InChI=1S/C8H17NO.C2H6/c1-8-5-3-4-6-9(2)7-10-8;1-2/h8H,3-7H2,1-2H3;1-2H3. The van der Waals surface area contributed by atoms with Crippen LogP contribution < -0.4 is 0 Å². The molecule has 2 heteroatoms. The third-order valence-corrected chi connectivity index (χ3v) is 1.98. The van der Waals surface area contributed by atoms with Crippen molar-refractivity contribution < 1.29 is 4.74 Å². The maximum absolute atomic E-state index is 5.52. The molecular formula is C10H23NO. The van der Waals surface area contributed by atoms with E-state index >= 15 is 0 Å². The van der Waals surface area contributed by atoms with Gasteiger partial charge >= 0.3 is 0 Å². The van der Waals surface area contributed by atoms with Gasteiger partial charge in [-0.25, -0.2) is 0 Å². The second-order valence-electron chi connectivity index (χ2n) is 3.18. The molecule has 0 N–H and O–H groups in total. The van der Waals surface area contributed by atoms with Gasteiger partial charge < -0.3 is 4.74 Å². The molecule has 2 nitrogen and oxygen atoms in total. The summed E-state index contributed by atoms with van der Waals surface area (Å²) in [5, 5.41) is 0. The first-order valence-corrected chi connectivity index (χ1v) is 5.09. The minimum Gasteiger partial charge on any atom is -0.363 e. The molecule has 1 fully saturated rings. The lowest BCUT2D eigenvalue weighted by Crippen LogP contribution is -2.28. The maximum atomic E-state index is 5.52. The summed E-state index contributed by atoms with van der Waals surface area (Å²) in [4.78, 5) is 2.23. The number of hydrogen-bond acceptors (Lipinski definition) is 2. The van der Waals surface area contributed by atoms with E-state index in [0.29, 0.717) is 6.10 Å². The smallest absolute Gasteiger partial charge is 0.0991 e. The van der Waals surface area contributed by atoms with E-state index in [9.17, 15) is 0 Å². The van der Waals surface area contributed by atoms with E-state index in [0.717, 1.165) is 6.73 Å². The quantitative estimate of drug-likeness (QED) is 0.558. The lowest BCUT2D eigenvalue weighted by molar-refractivity contribution is -0.0193. The fourth-order valence-electron chi connectivity index (χ4n) is 1.22. The number of nitrogens with zero attached hydrogens (tertiary/aromatic N) is 1. The summed E-state index contributed by atoms with van der Waals surface area (Å²) < 4.78 is 5.52. The zero-order valence-electron chi connectivity index (χ0n) is 8.97. The van der Waals surface area contributed by atoms with E-state index in [4.69, 9.17) is 4.74 Å². The van der Waals surface area contributed by atoms with Crippen molar-refractivity contribution in [3.05, 3.63) is 0 Å². The van der Waals surface area contributed by atoms with E-state index < -0.39 is 0 Å². The predicted octanol–water partition coefficient (Wildman–Crippen LogP) is 2.49. The van der Waals surface area contributed by atoms with Crippen LogP contribution in [-0.2, 0) is 4.74 Å². The summed E-state index contributed by atoms with van der Waals surface area (Å²) in [5.41, 5.74) is 0. The monoisotopic (exact) mass is 173 g/mol. The Morgan fingerprint density at radius 2 is 1.92 bits per heavy atom. The molecule has 1 aliphatic heterocycles. The Kier molecular flexibility index (Phi) is 7.51. The van der Waals surface area contributed by atoms with Crippen LogP contribution in [0.5, 0.6) is 0 Å². The highest BCUT2D eigenvalue weighted by Crippen LogP contribution is 2.08. The van der Waals surface area contributed by atoms with Crippen LogP contribution in [0.25, 0.3) is 0 Å². The van der Waals surface area contributed by atoms with Crippen LogP contribution in [-0.4, -0.2) is 31.3 Å². The van der Waals surface area contributed by atoms with Crippen molar-refractivity contribution in [1.29, 1.82) is 0 Å². The summed E-state index contributed by atoms with van der Waals surface area (Å²) >= 11 is 0. The van der Waals surface area contributed by atoms with Gasteiger partial charge in [-0.2, -0.15) is 0 Å². The summed E-state index contributed by atoms with van der Waals surface area (Å²) in [6, 6.07) is 0. The minimum absolute atomic E-state index is 0.461. The number of ether oxygens (including phenoxy) is 1. The molecule has 1 saturated heterocycles. The summed E-state index contributed by atoms with van der Waals surface area (Å²) in [5.74, 6) is 0. The minimum atomic E-state index is 0.461. The largest absolute Gasteiger partial charge is 0.363 e. The van der Waals surface area contributed by atoms with Crippen molar-refractivity contribution in [3.8, 4) is 0 Å². The van der Waals surface area contributed by atoms with Crippen molar-refractivity contribution in [2.24, 2.45) is 0 Å². The molecule has 0 spiro atoms. The molecule has 1 heterocycles. The van der Waals surface area contributed by atoms with Gasteiger partial charge in [-0.05, 0) is 39.8 Å². The van der Waals surface area contributed by atoms with Crippen LogP contribution in [0.1, 0.15) is 40.0 Å². The molecular weight excluding hydrogens is 150 g/mol. The predicted molar refractivity (Wildman–Crippen MR) is 53.2 cm³/mol. The number of hydrogen-bond donors (Lipinski definition) is 0. The Balaban J connectivity index is 0.000000561. The molecule has 1 aliphatic rings. The van der Waals surface area contributed by atoms with Gasteiger partial charge in [-0.15, -0.1) is 0 Å². The first-order valence-electron chi connectivity index (χ1n) is 5.09. The maximum Gasteiger partial charge on any atom is 0.0991 e. The second kappa shape index (κ2) is 7.56. The van der Waals surface area contributed by atoms with E-state index in [1.54, 1.807) is 0 Å². The molecule has 0 aliphatic carbocycles. The van der Waals surface area contributed by atoms with Gasteiger partial charge in [0.25, 0.3) is 0 Å². The summed E-state index contributed by atoms with van der Waals surface area (Å²) in [6.07, 6.45) is 4.33. The van der Waals surface area contributed by atoms with E-state index in [1.165, 1.54) is 25.8 Å². The van der Waals surface area contributed by atoms with Crippen molar-refractivity contribution in [1.82, 2.24) is 4.90 Å². The van der Waals surface area contributed by atoms with E-state index in [2.05, 4.69) is 18.9 Å². The average molecular weight is 173 g/mol. The summed E-state index contributed by atoms with van der Waals surface area (Å²) in [6.45, 7) is 8.15. The normalized spacial score (nSPS) is 26.5. The molecule has 0 aromatic carbocycles. The molecule has 74 valence electrons. The first kappa shape index (κ1) is 11.9. The van der Waals surface area contributed by atoms with Crippen LogP contribution in [0.15, 0.2) is 0 Å². The van der Waals surface area contributed by atoms with Crippen molar-refractivity contribution >= 4 is 0 Å². The molecule has 0 radical (unpaired) electrons. The Hall–Kier alpha value is -0.0800. The molecule has 0 amide bonds. The zero-order chi connectivity index (χ0) is 9.40. The van der Waals surface area contributed by atoms with Crippen LogP contribution >= 0.6 is 0 Å². The molecule has 1 atom stereocenters. The van der Waals surface area contributed by atoms with Crippen LogP contribution in [0, 0.1) is 0 Å². The van der Waals surface area contributed by atoms with E-state index in [-0.39, 0.29) is 0 Å². The molecule has 12 heavy (non-hydrogen) atoms. The van der Waals surface area contributed by atoms with Gasteiger partial charge in [-0.3, -0.25) is 4.90 Å². The third kappa shape index (κ3) is 5.56. The lowest BCUT2D eigenvalue weighted by atomic mass is 10.1. The lowest BCUT2D eigenvalue weighted by Gasteiger charge is -2.23. The van der Waals surface area contributed by atoms with E-state index in [1.807, 2.05) is 13.8 Å². The molecule has 0 bridgehead atoms. The van der Waals surface area contributed by atoms with Crippen LogP contribution in [0.4, 0.5) is 0 Å². The van der Waals surface area contributed by atoms with Crippen LogP contribution in [0.3, 0.4) is 0 Å².